The summed E-state index contributed by atoms with van der Waals surface area (Å²) in [4.78, 5) is 10.3. The van der Waals surface area contributed by atoms with Crippen molar-refractivity contribution in [1.82, 2.24) is 4.72 Å². The van der Waals surface area contributed by atoms with E-state index in [1.54, 1.807) is 6.92 Å². The fourth-order valence-corrected chi connectivity index (χ4v) is 4.30. The number of benzene rings is 1. The minimum absolute atomic E-state index is 0.190. The Balaban J connectivity index is 2.48. The molecule has 2 rings (SSSR count). The van der Waals surface area contributed by atoms with E-state index in [9.17, 15) is 17.6 Å². The number of sulfonamides is 1. The zero-order chi connectivity index (χ0) is 15.1. The number of aromatic carboxylic acids is 1. The molecule has 0 bridgehead atoms. The standard InChI is InChI=1S/C12H13BrFNO4S/c1-12(3-2-4-12)15-20(18,19)9-6-7(13)5-8(10(9)14)11(16)17/h5-6,15H,2-4H2,1H3,(H,16,17). The molecule has 0 spiro atoms. The van der Waals surface area contributed by atoms with Crippen LogP contribution in [0.15, 0.2) is 21.5 Å². The fourth-order valence-electron chi connectivity index (χ4n) is 2.10. The van der Waals surface area contributed by atoms with Gasteiger partial charge in [-0.15, -0.1) is 0 Å². The molecule has 0 radical (unpaired) electrons. The Morgan fingerprint density at radius 2 is 2.05 bits per heavy atom. The maximum Gasteiger partial charge on any atom is 0.338 e. The Labute approximate surface area is 124 Å². The van der Waals surface area contributed by atoms with Gasteiger partial charge >= 0.3 is 5.97 Å². The number of hydrogen-bond acceptors (Lipinski definition) is 3. The molecule has 1 aromatic carbocycles. The van der Waals surface area contributed by atoms with Crippen LogP contribution in [0.25, 0.3) is 0 Å². The van der Waals surface area contributed by atoms with E-state index in [0.717, 1.165) is 18.6 Å². The van der Waals surface area contributed by atoms with Gasteiger partial charge in [0.05, 0.1) is 5.56 Å². The lowest BCUT2D eigenvalue weighted by Gasteiger charge is -2.38. The van der Waals surface area contributed by atoms with Gasteiger partial charge in [0.15, 0.2) is 5.82 Å². The summed E-state index contributed by atoms with van der Waals surface area (Å²) >= 11 is 3.00. The molecule has 1 saturated carbocycles. The number of carboxylic acid groups (broad SMARTS) is 1. The van der Waals surface area contributed by atoms with E-state index < -0.39 is 37.8 Å². The van der Waals surface area contributed by atoms with Gasteiger partial charge in [-0.2, -0.15) is 0 Å². The van der Waals surface area contributed by atoms with Crippen LogP contribution in [0.1, 0.15) is 36.5 Å². The molecule has 5 nitrogen and oxygen atoms in total. The highest BCUT2D eigenvalue weighted by molar-refractivity contribution is 9.10. The van der Waals surface area contributed by atoms with Crippen LogP contribution in [0.5, 0.6) is 0 Å². The molecule has 0 saturated heterocycles. The van der Waals surface area contributed by atoms with Crippen LogP contribution in [0.4, 0.5) is 4.39 Å². The second-order valence-corrected chi connectivity index (χ2v) is 7.66. The molecule has 20 heavy (non-hydrogen) atoms. The highest BCUT2D eigenvalue weighted by Crippen LogP contribution is 2.33. The molecule has 0 amide bonds. The second-order valence-electron chi connectivity index (χ2n) is 5.09. The van der Waals surface area contributed by atoms with Crippen molar-refractivity contribution >= 4 is 31.9 Å². The monoisotopic (exact) mass is 365 g/mol. The number of hydrogen-bond donors (Lipinski definition) is 2. The van der Waals surface area contributed by atoms with Gasteiger partial charge in [0.25, 0.3) is 0 Å². The maximum absolute atomic E-state index is 14.1. The third-order valence-corrected chi connectivity index (χ3v) is 5.46. The van der Waals surface area contributed by atoms with Crippen molar-refractivity contribution in [3.05, 3.63) is 28.0 Å². The average Bonchev–Trinajstić information content (AvgIpc) is 2.28. The lowest BCUT2D eigenvalue weighted by molar-refractivity contribution is 0.0691. The van der Waals surface area contributed by atoms with Gasteiger partial charge in [-0.05, 0) is 38.3 Å². The third-order valence-electron chi connectivity index (χ3n) is 3.36. The predicted octanol–water partition coefficient (Wildman–Crippen LogP) is 2.51. The zero-order valence-corrected chi connectivity index (χ0v) is 13.0. The van der Waals surface area contributed by atoms with E-state index in [1.165, 1.54) is 0 Å². The summed E-state index contributed by atoms with van der Waals surface area (Å²) in [7, 11) is -4.11. The SMILES string of the molecule is CC1(NS(=O)(=O)c2cc(Br)cc(C(=O)O)c2F)CCC1. The van der Waals surface area contributed by atoms with E-state index in [0.29, 0.717) is 12.8 Å². The Hall–Kier alpha value is -0.990. The molecule has 1 aliphatic carbocycles. The van der Waals surface area contributed by atoms with Crippen molar-refractivity contribution in [2.24, 2.45) is 0 Å². The molecular weight excluding hydrogens is 353 g/mol. The smallest absolute Gasteiger partial charge is 0.338 e. The van der Waals surface area contributed by atoms with E-state index in [-0.39, 0.29) is 4.47 Å². The third kappa shape index (κ3) is 2.87. The maximum atomic E-state index is 14.1. The molecular formula is C12H13BrFNO4S. The summed E-state index contributed by atoms with van der Waals surface area (Å²) in [6.45, 7) is 1.74. The quantitative estimate of drug-likeness (QED) is 0.858. The summed E-state index contributed by atoms with van der Waals surface area (Å²) < 4.78 is 41.2. The van der Waals surface area contributed by atoms with Crippen LogP contribution in [-0.4, -0.2) is 25.0 Å². The number of halogens is 2. The van der Waals surface area contributed by atoms with Crippen LogP contribution < -0.4 is 4.72 Å². The van der Waals surface area contributed by atoms with Crippen LogP contribution >= 0.6 is 15.9 Å². The van der Waals surface area contributed by atoms with Crippen molar-refractivity contribution in [1.29, 1.82) is 0 Å². The van der Waals surface area contributed by atoms with Gasteiger partial charge in [0.2, 0.25) is 10.0 Å². The molecule has 0 unspecified atom stereocenters. The summed E-state index contributed by atoms with van der Waals surface area (Å²) in [5.74, 6) is -2.77. The van der Waals surface area contributed by atoms with Crippen molar-refractivity contribution in [3.8, 4) is 0 Å². The summed E-state index contributed by atoms with van der Waals surface area (Å²) in [6, 6.07) is 2.09. The first-order valence-corrected chi connectivity index (χ1v) is 8.19. The van der Waals surface area contributed by atoms with Crippen molar-refractivity contribution in [2.75, 3.05) is 0 Å². The lowest BCUT2D eigenvalue weighted by atomic mass is 9.80. The average molecular weight is 366 g/mol. The lowest BCUT2D eigenvalue weighted by Crippen LogP contribution is -2.50. The van der Waals surface area contributed by atoms with Crippen LogP contribution in [0.2, 0.25) is 0 Å². The van der Waals surface area contributed by atoms with Gasteiger partial charge in [0.1, 0.15) is 4.90 Å². The second kappa shape index (κ2) is 5.09. The van der Waals surface area contributed by atoms with Gasteiger partial charge in [0, 0.05) is 10.0 Å². The highest BCUT2D eigenvalue weighted by atomic mass is 79.9. The van der Waals surface area contributed by atoms with Crippen molar-refractivity contribution in [2.45, 2.75) is 36.6 Å². The normalized spacial score (nSPS) is 17.6. The van der Waals surface area contributed by atoms with Gasteiger partial charge in [-0.3, -0.25) is 0 Å². The van der Waals surface area contributed by atoms with Crippen LogP contribution in [0.3, 0.4) is 0 Å². The molecule has 1 aliphatic rings. The number of carbonyl (C=O) groups is 1. The largest absolute Gasteiger partial charge is 0.478 e. The Morgan fingerprint density at radius 1 is 1.45 bits per heavy atom. The number of nitrogens with one attached hydrogen (secondary N) is 1. The van der Waals surface area contributed by atoms with E-state index in [1.807, 2.05) is 0 Å². The highest BCUT2D eigenvalue weighted by Gasteiger charge is 2.37. The molecule has 0 aromatic heterocycles. The van der Waals surface area contributed by atoms with E-state index in [2.05, 4.69) is 20.7 Å². The summed E-state index contributed by atoms with van der Waals surface area (Å²) in [5.41, 5.74) is -1.27. The van der Waals surface area contributed by atoms with Gasteiger partial charge < -0.3 is 5.11 Å². The first kappa shape index (κ1) is 15.4. The molecule has 0 heterocycles. The Bertz CT molecular complexity index is 670. The predicted molar refractivity (Wildman–Crippen MR) is 73.6 cm³/mol. The first-order valence-electron chi connectivity index (χ1n) is 5.91. The molecule has 0 aliphatic heterocycles. The topological polar surface area (TPSA) is 83.5 Å². The molecule has 8 heteroatoms. The first-order chi connectivity index (χ1) is 9.15. The summed E-state index contributed by atoms with van der Waals surface area (Å²) in [6.07, 6.45) is 2.25. The van der Waals surface area contributed by atoms with Crippen LogP contribution in [-0.2, 0) is 10.0 Å². The minimum Gasteiger partial charge on any atom is -0.478 e. The van der Waals surface area contributed by atoms with Crippen molar-refractivity contribution in [3.63, 3.8) is 0 Å². The number of rotatable bonds is 4. The zero-order valence-electron chi connectivity index (χ0n) is 10.6. The van der Waals surface area contributed by atoms with Crippen molar-refractivity contribution < 1.29 is 22.7 Å². The van der Waals surface area contributed by atoms with Gasteiger partial charge in [-0.25, -0.2) is 22.3 Å². The Morgan fingerprint density at radius 3 is 2.50 bits per heavy atom. The minimum atomic E-state index is -4.11. The van der Waals surface area contributed by atoms with E-state index in [4.69, 9.17) is 5.11 Å². The van der Waals surface area contributed by atoms with Crippen LogP contribution in [0, 0.1) is 5.82 Å². The molecule has 0 atom stereocenters. The Kier molecular flexibility index (Phi) is 3.92. The fraction of sp³-hybridized carbons (Fsp3) is 0.417. The van der Waals surface area contributed by atoms with E-state index >= 15 is 0 Å². The molecule has 1 fully saturated rings. The molecule has 110 valence electrons. The summed E-state index contributed by atoms with van der Waals surface area (Å²) in [5, 5.41) is 8.89. The van der Waals surface area contributed by atoms with Gasteiger partial charge in [-0.1, -0.05) is 15.9 Å². The molecule has 2 N–H and O–H groups in total. The molecule has 1 aromatic rings. The number of carboxylic acids is 1.